The van der Waals surface area contributed by atoms with E-state index < -0.39 is 0 Å². The summed E-state index contributed by atoms with van der Waals surface area (Å²) < 4.78 is 0. The van der Waals surface area contributed by atoms with Crippen molar-refractivity contribution in [2.75, 3.05) is 0 Å². The molecule has 4 saturated carbocycles. The molecule has 0 heterocycles. The molecule has 4 rings (SSSR count). The Labute approximate surface area is 88.5 Å². The molecule has 4 aliphatic rings. The lowest BCUT2D eigenvalue weighted by Crippen LogP contribution is -2.57. The van der Waals surface area contributed by atoms with Crippen LogP contribution in [0.3, 0.4) is 0 Å². The topological polar surface area (TPSA) is 0 Å². The highest BCUT2D eigenvalue weighted by Crippen LogP contribution is 2.73. The van der Waals surface area contributed by atoms with Crippen LogP contribution >= 0.6 is 0 Å². The first-order valence-electron chi connectivity index (χ1n) is 6.24. The molecule has 0 heteroatoms. The Morgan fingerprint density at radius 2 is 0.571 bits per heavy atom. The van der Waals surface area contributed by atoms with Crippen LogP contribution in [0.15, 0.2) is 0 Å². The summed E-state index contributed by atoms with van der Waals surface area (Å²) in [5, 5.41) is 0. The second-order valence-corrected chi connectivity index (χ2v) is 8.30. The predicted molar refractivity (Wildman–Crippen MR) is 60.1 cm³/mol. The fourth-order valence-corrected chi connectivity index (χ4v) is 6.93. The van der Waals surface area contributed by atoms with Crippen LogP contribution in [-0.2, 0) is 0 Å². The maximum absolute atomic E-state index is 2.55. The summed E-state index contributed by atoms with van der Waals surface area (Å²) in [5.74, 6) is 0. The third-order valence-corrected chi connectivity index (χ3v) is 5.12. The van der Waals surface area contributed by atoms with Gasteiger partial charge < -0.3 is 0 Å². The molecule has 0 radical (unpaired) electrons. The highest BCUT2D eigenvalue weighted by atomic mass is 14.7. The Kier molecular flexibility index (Phi) is 1.37. The van der Waals surface area contributed by atoms with E-state index in [2.05, 4.69) is 27.7 Å². The monoisotopic (exact) mass is 192 g/mol. The third-order valence-electron chi connectivity index (χ3n) is 5.12. The highest BCUT2D eigenvalue weighted by Gasteiger charge is 2.62. The van der Waals surface area contributed by atoms with Gasteiger partial charge in [0.15, 0.2) is 0 Å². The zero-order valence-electron chi connectivity index (χ0n) is 10.2. The van der Waals surface area contributed by atoms with E-state index in [4.69, 9.17) is 0 Å². The molecular weight excluding hydrogens is 168 g/mol. The molecule has 0 aliphatic heterocycles. The lowest BCUT2D eigenvalue weighted by Gasteiger charge is -2.68. The molecule has 0 amide bonds. The number of hydrogen-bond acceptors (Lipinski definition) is 0. The minimum Gasteiger partial charge on any atom is -0.0596 e. The lowest BCUT2D eigenvalue weighted by atomic mass is 9.37. The molecule has 14 heavy (non-hydrogen) atoms. The van der Waals surface area contributed by atoms with Crippen molar-refractivity contribution in [1.82, 2.24) is 0 Å². The van der Waals surface area contributed by atoms with Gasteiger partial charge in [0.05, 0.1) is 0 Å². The van der Waals surface area contributed by atoms with E-state index >= 15 is 0 Å². The fraction of sp³-hybridized carbons (Fsp3) is 1.00. The van der Waals surface area contributed by atoms with Gasteiger partial charge in [-0.15, -0.1) is 0 Å². The van der Waals surface area contributed by atoms with Crippen molar-refractivity contribution in [3.05, 3.63) is 0 Å². The standard InChI is InChI=1S/C14H24/c1-11-5-12(2)8-13(3,6-11)10-14(4,7-11)9-12/h5-10H2,1-4H3. The molecule has 0 N–H and O–H groups in total. The number of hydrogen-bond donors (Lipinski definition) is 0. The van der Waals surface area contributed by atoms with Crippen LogP contribution in [0.1, 0.15) is 66.2 Å². The average molecular weight is 192 g/mol. The Balaban J connectivity index is 2.08. The van der Waals surface area contributed by atoms with Gasteiger partial charge in [-0.25, -0.2) is 0 Å². The summed E-state index contributed by atoms with van der Waals surface area (Å²) in [5.41, 5.74) is 2.75. The van der Waals surface area contributed by atoms with Crippen molar-refractivity contribution in [2.24, 2.45) is 21.7 Å². The minimum atomic E-state index is 0.688. The molecule has 0 atom stereocenters. The molecular formula is C14H24. The van der Waals surface area contributed by atoms with Gasteiger partial charge >= 0.3 is 0 Å². The summed E-state index contributed by atoms with van der Waals surface area (Å²) in [6.45, 7) is 10.2. The maximum Gasteiger partial charge on any atom is -0.0310 e. The molecule has 4 fully saturated rings. The van der Waals surface area contributed by atoms with Crippen molar-refractivity contribution in [2.45, 2.75) is 66.2 Å². The smallest absolute Gasteiger partial charge is 0.0310 e. The molecule has 80 valence electrons. The van der Waals surface area contributed by atoms with Crippen molar-refractivity contribution in [3.8, 4) is 0 Å². The quantitative estimate of drug-likeness (QED) is 0.534. The molecule has 0 unspecified atom stereocenters. The summed E-state index contributed by atoms with van der Waals surface area (Å²) in [6, 6.07) is 0. The van der Waals surface area contributed by atoms with Gasteiger partial charge in [-0.3, -0.25) is 0 Å². The lowest BCUT2D eigenvalue weighted by molar-refractivity contribution is -0.176. The van der Waals surface area contributed by atoms with Crippen molar-refractivity contribution >= 4 is 0 Å². The molecule has 0 aromatic carbocycles. The molecule has 0 spiro atoms. The SMILES string of the molecule is CC12CC3(C)CC(C)(C1)CC(C)(C2)C3. The third kappa shape index (κ3) is 1.12. The van der Waals surface area contributed by atoms with E-state index in [-0.39, 0.29) is 0 Å². The summed E-state index contributed by atoms with van der Waals surface area (Å²) >= 11 is 0. The van der Waals surface area contributed by atoms with Crippen LogP contribution in [0, 0.1) is 21.7 Å². The second kappa shape index (κ2) is 2.08. The molecule has 0 aromatic rings. The van der Waals surface area contributed by atoms with E-state index in [1.54, 1.807) is 0 Å². The maximum atomic E-state index is 2.55. The van der Waals surface area contributed by atoms with E-state index in [1.807, 2.05) is 0 Å². The predicted octanol–water partition coefficient (Wildman–Crippen LogP) is 4.39. The van der Waals surface area contributed by atoms with Crippen LogP contribution in [0.2, 0.25) is 0 Å². The van der Waals surface area contributed by atoms with Crippen LogP contribution in [0.4, 0.5) is 0 Å². The Hall–Kier alpha value is 0. The van der Waals surface area contributed by atoms with Crippen molar-refractivity contribution in [1.29, 1.82) is 0 Å². The Morgan fingerprint density at radius 1 is 0.429 bits per heavy atom. The van der Waals surface area contributed by atoms with Crippen LogP contribution < -0.4 is 0 Å². The number of rotatable bonds is 0. The van der Waals surface area contributed by atoms with Crippen LogP contribution in [0.5, 0.6) is 0 Å². The minimum absolute atomic E-state index is 0.688. The van der Waals surface area contributed by atoms with Crippen LogP contribution in [-0.4, -0.2) is 0 Å². The highest BCUT2D eigenvalue weighted by molar-refractivity contribution is 5.12. The zero-order chi connectivity index (χ0) is 10.2. The first-order valence-corrected chi connectivity index (χ1v) is 6.24. The summed E-state index contributed by atoms with van der Waals surface area (Å²) in [4.78, 5) is 0. The van der Waals surface area contributed by atoms with Gasteiger partial charge in [0, 0.05) is 0 Å². The van der Waals surface area contributed by atoms with Crippen LogP contribution in [0.25, 0.3) is 0 Å². The first-order chi connectivity index (χ1) is 6.24. The average Bonchev–Trinajstić information content (AvgIpc) is 1.67. The van der Waals surface area contributed by atoms with Crippen molar-refractivity contribution in [3.63, 3.8) is 0 Å². The van der Waals surface area contributed by atoms with Gasteiger partial charge in [0.1, 0.15) is 0 Å². The van der Waals surface area contributed by atoms with E-state index in [9.17, 15) is 0 Å². The van der Waals surface area contributed by atoms with E-state index in [0.29, 0.717) is 21.7 Å². The molecule has 4 bridgehead atoms. The molecule has 0 nitrogen and oxygen atoms in total. The van der Waals surface area contributed by atoms with E-state index in [1.165, 1.54) is 38.5 Å². The van der Waals surface area contributed by atoms with E-state index in [0.717, 1.165) is 0 Å². The van der Waals surface area contributed by atoms with Crippen molar-refractivity contribution < 1.29 is 0 Å². The molecule has 0 saturated heterocycles. The van der Waals surface area contributed by atoms with Gasteiger partial charge in [0.2, 0.25) is 0 Å². The second-order valence-electron chi connectivity index (χ2n) is 8.30. The Bertz CT molecular complexity index is 193. The first kappa shape index (κ1) is 9.24. The van der Waals surface area contributed by atoms with Gasteiger partial charge in [0.25, 0.3) is 0 Å². The normalized spacial score (nSPS) is 66.0. The van der Waals surface area contributed by atoms with Gasteiger partial charge in [-0.2, -0.15) is 0 Å². The fourth-order valence-electron chi connectivity index (χ4n) is 6.93. The van der Waals surface area contributed by atoms with Gasteiger partial charge in [-0.1, -0.05) is 27.7 Å². The molecule has 0 aromatic heterocycles. The zero-order valence-corrected chi connectivity index (χ0v) is 10.2. The molecule has 4 aliphatic carbocycles. The largest absolute Gasteiger partial charge is 0.0596 e. The van der Waals surface area contributed by atoms with Gasteiger partial charge in [-0.05, 0) is 60.2 Å². The Morgan fingerprint density at radius 3 is 0.714 bits per heavy atom. The summed E-state index contributed by atoms with van der Waals surface area (Å²) in [7, 11) is 0. The summed E-state index contributed by atoms with van der Waals surface area (Å²) in [6.07, 6.45) is 9.03.